The molecule has 0 unspecified atom stereocenters. The molecule has 0 radical (unpaired) electrons. The van der Waals surface area contributed by atoms with Gasteiger partial charge in [0.15, 0.2) is 0 Å². The molecule has 0 aromatic rings. The van der Waals surface area contributed by atoms with Crippen molar-refractivity contribution in [3.05, 3.63) is 41.2 Å². The zero-order valence-corrected chi connectivity index (χ0v) is 5.81. The SMILES string of the molecule is CC1=C=CC=CC(C)=C1. The molecule has 0 fully saturated rings. The predicted molar refractivity (Wildman–Crippen MR) is 40.2 cm³/mol. The van der Waals surface area contributed by atoms with Crippen LogP contribution in [-0.2, 0) is 0 Å². The zero-order chi connectivity index (χ0) is 6.69. The van der Waals surface area contributed by atoms with Crippen molar-refractivity contribution in [3.63, 3.8) is 0 Å². The van der Waals surface area contributed by atoms with Gasteiger partial charge in [-0.3, -0.25) is 0 Å². The molecular weight excluding hydrogens is 108 g/mol. The van der Waals surface area contributed by atoms with E-state index in [9.17, 15) is 0 Å². The molecule has 0 N–H and O–H groups in total. The lowest BCUT2D eigenvalue weighted by molar-refractivity contribution is 1.45. The average Bonchev–Trinajstić information content (AvgIpc) is 1.93. The van der Waals surface area contributed by atoms with E-state index in [0.29, 0.717) is 0 Å². The van der Waals surface area contributed by atoms with Crippen LogP contribution in [0.1, 0.15) is 13.8 Å². The summed E-state index contributed by atoms with van der Waals surface area (Å²) in [6.07, 6.45) is 8.12. The first-order valence-corrected chi connectivity index (χ1v) is 3.07. The van der Waals surface area contributed by atoms with Crippen molar-refractivity contribution in [2.24, 2.45) is 0 Å². The monoisotopic (exact) mass is 118 g/mol. The van der Waals surface area contributed by atoms with Gasteiger partial charge in [0.1, 0.15) is 0 Å². The molecule has 0 saturated heterocycles. The molecule has 0 nitrogen and oxygen atoms in total. The number of hydrogen-bond acceptors (Lipinski definition) is 0. The van der Waals surface area contributed by atoms with Crippen LogP contribution in [-0.4, -0.2) is 0 Å². The first-order chi connectivity index (χ1) is 4.29. The molecule has 0 heterocycles. The molecule has 0 aromatic heterocycles. The molecular formula is C9H10. The molecule has 0 aromatic carbocycles. The highest BCUT2D eigenvalue weighted by Crippen LogP contribution is 2.04. The molecule has 0 bridgehead atoms. The number of rotatable bonds is 0. The Morgan fingerprint density at radius 2 is 2.11 bits per heavy atom. The third kappa shape index (κ3) is 1.75. The van der Waals surface area contributed by atoms with E-state index in [-0.39, 0.29) is 0 Å². The molecule has 0 spiro atoms. The van der Waals surface area contributed by atoms with Crippen molar-refractivity contribution in [1.29, 1.82) is 0 Å². The fourth-order valence-electron chi connectivity index (χ4n) is 0.811. The van der Waals surface area contributed by atoms with Gasteiger partial charge < -0.3 is 0 Å². The molecule has 0 aliphatic heterocycles. The van der Waals surface area contributed by atoms with E-state index in [1.54, 1.807) is 0 Å². The van der Waals surface area contributed by atoms with Crippen LogP contribution in [0.3, 0.4) is 0 Å². The fourth-order valence-corrected chi connectivity index (χ4v) is 0.811. The Labute approximate surface area is 55.9 Å². The average molecular weight is 118 g/mol. The van der Waals surface area contributed by atoms with E-state index < -0.39 is 0 Å². The third-order valence-corrected chi connectivity index (χ3v) is 1.21. The molecule has 1 rings (SSSR count). The summed E-state index contributed by atoms with van der Waals surface area (Å²) < 4.78 is 0. The first kappa shape index (κ1) is 6.12. The second kappa shape index (κ2) is 2.52. The summed E-state index contributed by atoms with van der Waals surface area (Å²) in [5.41, 5.74) is 5.58. The van der Waals surface area contributed by atoms with Gasteiger partial charge in [-0.1, -0.05) is 17.7 Å². The summed E-state index contributed by atoms with van der Waals surface area (Å²) in [7, 11) is 0. The zero-order valence-electron chi connectivity index (χ0n) is 5.81. The van der Waals surface area contributed by atoms with Gasteiger partial charge in [-0.25, -0.2) is 0 Å². The quantitative estimate of drug-likeness (QED) is 0.429. The van der Waals surface area contributed by atoms with Gasteiger partial charge in [0.05, 0.1) is 0 Å². The highest BCUT2D eigenvalue weighted by molar-refractivity contribution is 5.32. The molecule has 0 amide bonds. The lowest BCUT2D eigenvalue weighted by Crippen LogP contribution is -1.66. The van der Waals surface area contributed by atoms with Crippen LogP contribution in [0.2, 0.25) is 0 Å². The Hall–Kier alpha value is -1.00. The van der Waals surface area contributed by atoms with E-state index in [0.717, 1.165) is 0 Å². The van der Waals surface area contributed by atoms with E-state index in [2.05, 4.69) is 24.8 Å². The Bertz CT molecular complexity index is 220. The number of hydrogen-bond donors (Lipinski definition) is 0. The second-order valence-corrected chi connectivity index (χ2v) is 2.24. The molecule has 0 saturated carbocycles. The van der Waals surface area contributed by atoms with Crippen LogP contribution in [0.5, 0.6) is 0 Å². The van der Waals surface area contributed by atoms with Crippen molar-refractivity contribution in [2.75, 3.05) is 0 Å². The Kier molecular flexibility index (Phi) is 1.72. The molecule has 1 aliphatic carbocycles. The minimum atomic E-state index is 1.19. The lowest BCUT2D eigenvalue weighted by atomic mass is 10.2. The minimum Gasteiger partial charge on any atom is -0.118 e. The standard InChI is InChI=1S/C9H10/c1-8-5-3-4-6-9(2)7-8/h3-5,7H,1-2H3. The first-order valence-electron chi connectivity index (χ1n) is 3.07. The maximum absolute atomic E-state index is 3.10. The van der Waals surface area contributed by atoms with Crippen molar-refractivity contribution < 1.29 is 0 Å². The molecule has 46 valence electrons. The summed E-state index contributed by atoms with van der Waals surface area (Å²) >= 11 is 0. The van der Waals surface area contributed by atoms with E-state index in [1.807, 2.05) is 19.1 Å². The van der Waals surface area contributed by atoms with E-state index >= 15 is 0 Å². The van der Waals surface area contributed by atoms with Crippen molar-refractivity contribution in [3.8, 4) is 0 Å². The van der Waals surface area contributed by atoms with Crippen LogP contribution in [0, 0.1) is 0 Å². The van der Waals surface area contributed by atoms with Crippen molar-refractivity contribution in [1.82, 2.24) is 0 Å². The normalized spacial score (nSPS) is 16.7. The maximum Gasteiger partial charge on any atom is -0.00888 e. The summed E-state index contributed by atoms with van der Waals surface area (Å²) in [5.74, 6) is 0. The summed E-state index contributed by atoms with van der Waals surface area (Å²) in [5, 5.41) is 0. The molecule has 1 aliphatic rings. The number of allylic oxidation sites excluding steroid dienone is 5. The maximum atomic E-state index is 3.10. The van der Waals surface area contributed by atoms with Crippen LogP contribution in [0.4, 0.5) is 0 Å². The lowest BCUT2D eigenvalue weighted by Gasteiger charge is -1.86. The smallest absolute Gasteiger partial charge is 0.00888 e. The molecule has 0 atom stereocenters. The summed E-state index contributed by atoms with van der Waals surface area (Å²) in [6.45, 7) is 4.13. The van der Waals surface area contributed by atoms with Gasteiger partial charge >= 0.3 is 0 Å². The van der Waals surface area contributed by atoms with E-state index in [1.165, 1.54) is 11.1 Å². The predicted octanol–water partition coefficient (Wildman–Crippen LogP) is 2.60. The van der Waals surface area contributed by atoms with Crippen LogP contribution >= 0.6 is 0 Å². The van der Waals surface area contributed by atoms with Gasteiger partial charge in [0, 0.05) is 0 Å². The summed E-state index contributed by atoms with van der Waals surface area (Å²) in [6, 6.07) is 0. The van der Waals surface area contributed by atoms with Crippen LogP contribution < -0.4 is 0 Å². The molecule has 0 heteroatoms. The third-order valence-electron chi connectivity index (χ3n) is 1.21. The Balaban J connectivity index is 3.01. The highest BCUT2D eigenvalue weighted by atomic mass is 13.9. The Morgan fingerprint density at radius 3 is 2.89 bits per heavy atom. The van der Waals surface area contributed by atoms with Gasteiger partial charge in [-0.2, -0.15) is 0 Å². The van der Waals surface area contributed by atoms with Gasteiger partial charge in [-0.05, 0) is 31.6 Å². The van der Waals surface area contributed by atoms with Crippen molar-refractivity contribution in [2.45, 2.75) is 13.8 Å². The van der Waals surface area contributed by atoms with Crippen LogP contribution in [0.25, 0.3) is 0 Å². The Morgan fingerprint density at radius 1 is 1.33 bits per heavy atom. The van der Waals surface area contributed by atoms with Gasteiger partial charge in [0.2, 0.25) is 0 Å². The minimum absolute atomic E-state index is 1.19. The molecule has 9 heavy (non-hydrogen) atoms. The second-order valence-electron chi connectivity index (χ2n) is 2.24. The van der Waals surface area contributed by atoms with Crippen LogP contribution in [0.15, 0.2) is 41.2 Å². The fraction of sp³-hybridized carbons (Fsp3) is 0.222. The topological polar surface area (TPSA) is 0 Å². The van der Waals surface area contributed by atoms with Crippen molar-refractivity contribution >= 4 is 0 Å². The summed E-state index contributed by atoms with van der Waals surface area (Å²) in [4.78, 5) is 0. The van der Waals surface area contributed by atoms with Gasteiger partial charge in [0.25, 0.3) is 0 Å². The van der Waals surface area contributed by atoms with E-state index in [4.69, 9.17) is 0 Å². The largest absolute Gasteiger partial charge is 0.118 e. The highest BCUT2D eigenvalue weighted by Gasteiger charge is 1.84. The van der Waals surface area contributed by atoms with Gasteiger partial charge in [-0.15, -0.1) is 5.73 Å².